The molecule has 4 nitrogen and oxygen atoms in total. The second kappa shape index (κ2) is 8.78. The monoisotopic (exact) mass is 252 g/mol. The highest BCUT2D eigenvalue weighted by atomic mass is 16.5. The first-order chi connectivity index (χ1) is 8.77. The van der Waals surface area contributed by atoms with Crippen LogP contribution in [-0.2, 0) is 9.47 Å². The molecule has 0 unspecified atom stereocenters. The summed E-state index contributed by atoms with van der Waals surface area (Å²) in [5.41, 5.74) is 7.69. The Kier molecular flexibility index (Phi) is 7.22. The van der Waals surface area contributed by atoms with Crippen molar-refractivity contribution in [2.24, 2.45) is 0 Å². The number of nitrogens with zero attached hydrogens (tertiary/aromatic N) is 1. The fourth-order valence-electron chi connectivity index (χ4n) is 1.74. The molecule has 0 saturated carbocycles. The van der Waals surface area contributed by atoms with Crippen molar-refractivity contribution in [3.05, 3.63) is 24.3 Å². The van der Waals surface area contributed by atoms with Gasteiger partial charge in [0.05, 0.1) is 19.8 Å². The summed E-state index contributed by atoms with van der Waals surface area (Å²) < 4.78 is 10.4. The van der Waals surface area contributed by atoms with Gasteiger partial charge in [-0.05, 0) is 30.7 Å². The van der Waals surface area contributed by atoms with Gasteiger partial charge in [0.25, 0.3) is 0 Å². The normalized spacial score (nSPS) is 10.6. The van der Waals surface area contributed by atoms with Crippen LogP contribution in [0.15, 0.2) is 24.3 Å². The number of nitrogens with two attached hydrogens (primary N) is 1. The Morgan fingerprint density at radius 2 is 1.78 bits per heavy atom. The third-order valence-electron chi connectivity index (χ3n) is 2.69. The summed E-state index contributed by atoms with van der Waals surface area (Å²) in [5, 5.41) is 0. The number of rotatable bonds is 9. The smallest absolute Gasteiger partial charge is 0.0701 e. The SMILES string of the molecule is CCCN(CCOCCOC)c1ccc(N)cc1. The largest absolute Gasteiger partial charge is 0.399 e. The number of benzene rings is 1. The Hall–Kier alpha value is -1.26. The zero-order valence-electron chi connectivity index (χ0n) is 11.4. The molecular weight excluding hydrogens is 228 g/mol. The quantitative estimate of drug-likeness (QED) is 0.540. The molecule has 2 N–H and O–H groups in total. The van der Waals surface area contributed by atoms with Gasteiger partial charge in [0, 0.05) is 31.6 Å². The second-order valence-electron chi connectivity index (χ2n) is 4.18. The fourth-order valence-corrected chi connectivity index (χ4v) is 1.74. The van der Waals surface area contributed by atoms with Gasteiger partial charge in [-0.1, -0.05) is 6.92 Å². The van der Waals surface area contributed by atoms with E-state index in [0.29, 0.717) is 19.8 Å². The van der Waals surface area contributed by atoms with Crippen LogP contribution in [0.2, 0.25) is 0 Å². The molecule has 0 amide bonds. The van der Waals surface area contributed by atoms with Crippen molar-refractivity contribution < 1.29 is 9.47 Å². The first-order valence-corrected chi connectivity index (χ1v) is 6.45. The molecule has 0 saturated heterocycles. The summed E-state index contributed by atoms with van der Waals surface area (Å²) in [6, 6.07) is 7.98. The molecule has 4 heteroatoms. The van der Waals surface area contributed by atoms with Crippen LogP contribution in [-0.4, -0.2) is 40.0 Å². The highest BCUT2D eigenvalue weighted by Crippen LogP contribution is 2.16. The average molecular weight is 252 g/mol. The zero-order valence-corrected chi connectivity index (χ0v) is 11.4. The van der Waals surface area contributed by atoms with E-state index in [1.165, 1.54) is 5.69 Å². The molecule has 0 bridgehead atoms. The van der Waals surface area contributed by atoms with E-state index in [0.717, 1.165) is 25.2 Å². The van der Waals surface area contributed by atoms with Gasteiger partial charge in [0.1, 0.15) is 0 Å². The predicted octanol–water partition coefficient (Wildman–Crippen LogP) is 2.15. The third kappa shape index (κ3) is 5.38. The number of nitrogen functional groups attached to an aromatic ring is 1. The first kappa shape index (κ1) is 14.8. The lowest BCUT2D eigenvalue weighted by Crippen LogP contribution is -2.28. The van der Waals surface area contributed by atoms with E-state index in [-0.39, 0.29) is 0 Å². The molecule has 0 spiro atoms. The molecule has 102 valence electrons. The average Bonchev–Trinajstić information content (AvgIpc) is 2.38. The van der Waals surface area contributed by atoms with Crippen LogP contribution in [0, 0.1) is 0 Å². The highest BCUT2D eigenvalue weighted by Gasteiger charge is 2.04. The molecule has 1 aromatic rings. The lowest BCUT2D eigenvalue weighted by Gasteiger charge is -2.24. The maximum atomic E-state index is 5.70. The van der Waals surface area contributed by atoms with Crippen molar-refractivity contribution in [2.45, 2.75) is 13.3 Å². The highest BCUT2D eigenvalue weighted by molar-refractivity contribution is 5.53. The van der Waals surface area contributed by atoms with E-state index in [9.17, 15) is 0 Å². The lowest BCUT2D eigenvalue weighted by atomic mass is 10.2. The zero-order chi connectivity index (χ0) is 13.2. The van der Waals surface area contributed by atoms with E-state index in [2.05, 4.69) is 24.0 Å². The van der Waals surface area contributed by atoms with Crippen LogP contribution < -0.4 is 10.6 Å². The molecule has 1 rings (SSSR count). The van der Waals surface area contributed by atoms with Crippen molar-refractivity contribution in [3.8, 4) is 0 Å². The van der Waals surface area contributed by atoms with Crippen LogP contribution in [0.4, 0.5) is 11.4 Å². The lowest BCUT2D eigenvalue weighted by molar-refractivity contribution is 0.0740. The summed E-state index contributed by atoms with van der Waals surface area (Å²) in [4.78, 5) is 2.31. The second-order valence-corrected chi connectivity index (χ2v) is 4.18. The Morgan fingerprint density at radius 1 is 1.06 bits per heavy atom. The molecular formula is C14H24N2O2. The number of hydrogen-bond acceptors (Lipinski definition) is 4. The summed E-state index contributed by atoms with van der Waals surface area (Å²) in [7, 11) is 1.68. The first-order valence-electron chi connectivity index (χ1n) is 6.45. The Balaban J connectivity index is 2.41. The third-order valence-corrected chi connectivity index (χ3v) is 2.69. The van der Waals surface area contributed by atoms with Crippen molar-refractivity contribution >= 4 is 11.4 Å². The van der Waals surface area contributed by atoms with E-state index in [4.69, 9.17) is 15.2 Å². The van der Waals surface area contributed by atoms with Crippen LogP contribution in [0.5, 0.6) is 0 Å². The topological polar surface area (TPSA) is 47.7 Å². The maximum Gasteiger partial charge on any atom is 0.0701 e. The number of methoxy groups -OCH3 is 1. The Bertz CT molecular complexity index is 314. The summed E-state index contributed by atoms with van der Waals surface area (Å²) in [6.07, 6.45) is 1.11. The van der Waals surface area contributed by atoms with Crippen LogP contribution in [0.1, 0.15) is 13.3 Å². The van der Waals surface area contributed by atoms with Crippen molar-refractivity contribution in [2.75, 3.05) is 50.7 Å². The molecule has 0 heterocycles. The molecule has 1 aromatic carbocycles. The maximum absolute atomic E-state index is 5.70. The van der Waals surface area contributed by atoms with Gasteiger partial charge < -0.3 is 20.1 Å². The van der Waals surface area contributed by atoms with Crippen molar-refractivity contribution in [1.82, 2.24) is 0 Å². The summed E-state index contributed by atoms with van der Waals surface area (Å²) >= 11 is 0. The minimum absolute atomic E-state index is 0.648. The van der Waals surface area contributed by atoms with Crippen molar-refractivity contribution in [3.63, 3.8) is 0 Å². The molecule has 0 fully saturated rings. The van der Waals surface area contributed by atoms with E-state index in [1.807, 2.05) is 12.1 Å². The molecule has 0 aliphatic carbocycles. The van der Waals surface area contributed by atoms with Gasteiger partial charge in [-0.15, -0.1) is 0 Å². The van der Waals surface area contributed by atoms with E-state index in [1.54, 1.807) is 7.11 Å². The summed E-state index contributed by atoms with van der Waals surface area (Å²) in [6.45, 7) is 6.11. The molecule has 0 aromatic heterocycles. The van der Waals surface area contributed by atoms with Gasteiger partial charge in [-0.25, -0.2) is 0 Å². The molecule has 18 heavy (non-hydrogen) atoms. The van der Waals surface area contributed by atoms with Crippen molar-refractivity contribution in [1.29, 1.82) is 0 Å². The molecule has 0 atom stereocenters. The molecule has 0 aliphatic rings. The number of ether oxygens (including phenoxy) is 2. The van der Waals surface area contributed by atoms with Crippen LogP contribution >= 0.6 is 0 Å². The minimum Gasteiger partial charge on any atom is -0.399 e. The standard InChI is InChI=1S/C14H24N2O2/c1-3-8-16(9-10-18-12-11-17-2)14-6-4-13(15)5-7-14/h4-7H,3,8-12,15H2,1-2H3. The van der Waals surface area contributed by atoms with Gasteiger partial charge >= 0.3 is 0 Å². The van der Waals surface area contributed by atoms with Gasteiger partial charge in [0.15, 0.2) is 0 Å². The van der Waals surface area contributed by atoms with Crippen LogP contribution in [0.3, 0.4) is 0 Å². The van der Waals surface area contributed by atoms with E-state index < -0.39 is 0 Å². The Labute approximate surface area is 110 Å². The van der Waals surface area contributed by atoms with E-state index >= 15 is 0 Å². The minimum atomic E-state index is 0.648. The van der Waals surface area contributed by atoms with Gasteiger partial charge in [-0.2, -0.15) is 0 Å². The Morgan fingerprint density at radius 3 is 2.39 bits per heavy atom. The number of anilines is 2. The fraction of sp³-hybridized carbons (Fsp3) is 0.571. The summed E-state index contributed by atoms with van der Waals surface area (Å²) in [5.74, 6) is 0. The van der Waals surface area contributed by atoms with Crippen LogP contribution in [0.25, 0.3) is 0 Å². The predicted molar refractivity (Wildman–Crippen MR) is 76.1 cm³/mol. The van der Waals surface area contributed by atoms with Gasteiger partial charge in [0.2, 0.25) is 0 Å². The van der Waals surface area contributed by atoms with Gasteiger partial charge in [-0.3, -0.25) is 0 Å². The molecule has 0 aliphatic heterocycles. The molecule has 0 radical (unpaired) electrons. The number of hydrogen-bond donors (Lipinski definition) is 1.